The van der Waals surface area contributed by atoms with E-state index in [4.69, 9.17) is 14.6 Å². The van der Waals surface area contributed by atoms with Crippen LogP contribution in [0.1, 0.15) is 21.5 Å². The standard InChI is InChI=1S/C18H18N2O4/c1-23-15-4-2-3-14(17-19-9-10-20-17)16(15)24-11-12-5-7-13(8-6-12)18(21)22/h2-8H,9-11H2,1H3,(H,19,20)(H,21,22). The molecule has 6 heteroatoms. The number of carboxylic acids is 1. The topological polar surface area (TPSA) is 80.1 Å². The average molecular weight is 326 g/mol. The lowest BCUT2D eigenvalue weighted by atomic mass is 10.1. The van der Waals surface area contributed by atoms with Crippen LogP contribution >= 0.6 is 0 Å². The van der Waals surface area contributed by atoms with Gasteiger partial charge in [0.25, 0.3) is 0 Å². The van der Waals surface area contributed by atoms with Crippen molar-refractivity contribution in [3.05, 3.63) is 59.2 Å². The van der Waals surface area contributed by atoms with Crippen LogP contribution in [0.3, 0.4) is 0 Å². The molecule has 1 aliphatic heterocycles. The highest BCUT2D eigenvalue weighted by atomic mass is 16.5. The molecule has 0 aromatic heterocycles. The van der Waals surface area contributed by atoms with E-state index >= 15 is 0 Å². The Labute approximate surface area is 139 Å². The second-order valence-electron chi connectivity index (χ2n) is 5.28. The molecule has 0 aliphatic carbocycles. The smallest absolute Gasteiger partial charge is 0.335 e. The predicted octanol–water partition coefficient (Wildman–Crippen LogP) is 2.32. The number of benzene rings is 2. The molecule has 24 heavy (non-hydrogen) atoms. The number of hydrogen-bond donors (Lipinski definition) is 2. The van der Waals surface area contributed by atoms with Crippen LogP contribution in [0, 0.1) is 0 Å². The predicted molar refractivity (Wildman–Crippen MR) is 90.1 cm³/mol. The highest BCUT2D eigenvalue weighted by molar-refractivity contribution is 6.02. The number of carbonyl (C=O) groups is 1. The fourth-order valence-electron chi connectivity index (χ4n) is 2.49. The summed E-state index contributed by atoms with van der Waals surface area (Å²) >= 11 is 0. The van der Waals surface area contributed by atoms with Gasteiger partial charge in [-0.2, -0.15) is 0 Å². The minimum Gasteiger partial charge on any atom is -0.493 e. The first kappa shape index (κ1) is 15.9. The molecule has 0 radical (unpaired) electrons. The van der Waals surface area contributed by atoms with Crippen LogP contribution in [-0.4, -0.2) is 37.1 Å². The van der Waals surface area contributed by atoms with Crippen molar-refractivity contribution in [2.24, 2.45) is 4.99 Å². The van der Waals surface area contributed by atoms with Crippen molar-refractivity contribution in [1.82, 2.24) is 5.32 Å². The maximum Gasteiger partial charge on any atom is 0.335 e. The fraction of sp³-hybridized carbons (Fsp3) is 0.222. The number of aliphatic imine (C=N–C) groups is 1. The van der Waals surface area contributed by atoms with Gasteiger partial charge in [-0.25, -0.2) is 4.79 Å². The molecule has 2 aromatic carbocycles. The number of nitrogens with one attached hydrogen (secondary N) is 1. The summed E-state index contributed by atoms with van der Waals surface area (Å²) in [4.78, 5) is 15.3. The van der Waals surface area contributed by atoms with Gasteiger partial charge in [0.05, 0.1) is 24.8 Å². The Morgan fingerprint density at radius 2 is 2.04 bits per heavy atom. The van der Waals surface area contributed by atoms with Crippen LogP contribution in [0.25, 0.3) is 0 Å². The van der Waals surface area contributed by atoms with Crippen LogP contribution in [0.15, 0.2) is 47.5 Å². The van der Waals surface area contributed by atoms with Crippen LogP contribution in [0.4, 0.5) is 0 Å². The van der Waals surface area contributed by atoms with Crippen LogP contribution in [0.5, 0.6) is 11.5 Å². The lowest BCUT2D eigenvalue weighted by Gasteiger charge is -2.15. The van der Waals surface area contributed by atoms with Gasteiger partial charge in [-0.1, -0.05) is 18.2 Å². The zero-order chi connectivity index (χ0) is 16.9. The van der Waals surface area contributed by atoms with Crippen molar-refractivity contribution >= 4 is 11.8 Å². The van der Waals surface area contributed by atoms with Crippen molar-refractivity contribution in [3.8, 4) is 11.5 Å². The number of rotatable bonds is 6. The molecule has 0 atom stereocenters. The van der Waals surface area contributed by atoms with E-state index in [1.54, 1.807) is 31.4 Å². The SMILES string of the molecule is COc1cccc(C2=NCCN2)c1OCc1ccc(C(=O)O)cc1. The molecule has 0 amide bonds. The van der Waals surface area contributed by atoms with E-state index in [0.29, 0.717) is 18.1 Å². The van der Waals surface area contributed by atoms with Crippen molar-refractivity contribution in [2.75, 3.05) is 20.2 Å². The van der Waals surface area contributed by atoms with Gasteiger partial charge in [-0.3, -0.25) is 4.99 Å². The van der Waals surface area contributed by atoms with Crippen LogP contribution < -0.4 is 14.8 Å². The molecule has 6 nitrogen and oxygen atoms in total. The number of nitrogens with zero attached hydrogens (tertiary/aromatic N) is 1. The highest BCUT2D eigenvalue weighted by Crippen LogP contribution is 2.32. The van der Waals surface area contributed by atoms with Gasteiger partial charge in [0, 0.05) is 6.54 Å². The lowest BCUT2D eigenvalue weighted by Crippen LogP contribution is -2.20. The minimum atomic E-state index is -0.945. The molecular formula is C18H18N2O4. The second-order valence-corrected chi connectivity index (χ2v) is 5.28. The maximum atomic E-state index is 10.9. The summed E-state index contributed by atoms with van der Waals surface area (Å²) in [6, 6.07) is 12.3. The Morgan fingerprint density at radius 1 is 1.25 bits per heavy atom. The number of ether oxygens (including phenoxy) is 2. The van der Waals surface area contributed by atoms with E-state index in [0.717, 1.165) is 30.1 Å². The first-order valence-corrected chi connectivity index (χ1v) is 7.60. The summed E-state index contributed by atoms with van der Waals surface area (Å²) in [5.74, 6) is 1.10. The zero-order valence-electron chi connectivity index (χ0n) is 13.3. The molecule has 124 valence electrons. The van der Waals surface area contributed by atoms with Gasteiger partial charge in [0.15, 0.2) is 11.5 Å². The van der Waals surface area contributed by atoms with E-state index in [1.165, 1.54) is 0 Å². The van der Waals surface area contributed by atoms with Gasteiger partial charge in [-0.15, -0.1) is 0 Å². The van der Waals surface area contributed by atoms with Crippen LogP contribution in [-0.2, 0) is 6.61 Å². The number of hydrogen-bond acceptors (Lipinski definition) is 5. The van der Waals surface area contributed by atoms with Gasteiger partial charge >= 0.3 is 5.97 Å². The Bertz CT molecular complexity index is 769. The summed E-state index contributed by atoms with van der Waals surface area (Å²) in [6.45, 7) is 1.85. The Hall–Kier alpha value is -3.02. The van der Waals surface area contributed by atoms with Gasteiger partial charge in [0.1, 0.15) is 12.4 Å². The molecule has 0 saturated carbocycles. The van der Waals surface area contributed by atoms with Crippen LogP contribution in [0.2, 0.25) is 0 Å². The molecule has 0 saturated heterocycles. The molecule has 1 heterocycles. The highest BCUT2D eigenvalue weighted by Gasteiger charge is 2.17. The van der Waals surface area contributed by atoms with Crippen molar-refractivity contribution < 1.29 is 19.4 Å². The van der Waals surface area contributed by atoms with E-state index in [-0.39, 0.29) is 5.56 Å². The normalized spacial score (nSPS) is 13.1. The molecular weight excluding hydrogens is 308 g/mol. The molecule has 0 spiro atoms. The van der Waals surface area contributed by atoms with E-state index in [9.17, 15) is 4.79 Å². The average Bonchev–Trinajstić information content (AvgIpc) is 3.14. The molecule has 0 bridgehead atoms. The largest absolute Gasteiger partial charge is 0.493 e. The van der Waals surface area contributed by atoms with Crippen molar-refractivity contribution in [1.29, 1.82) is 0 Å². The second kappa shape index (κ2) is 7.04. The first-order valence-electron chi connectivity index (χ1n) is 7.60. The third kappa shape index (κ3) is 3.32. The summed E-state index contributed by atoms with van der Waals surface area (Å²) < 4.78 is 11.4. The lowest BCUT2D eigenvalue weighted by molar-refractivity contribution is 0.0697. The van der Waals surface area contributed by atoms with Gasteiger partial charge < -0.3 is 19.9 Å². The van der Waals surface area contributed by atoms with Crippen molar-refractivity contribution in [3.63, 3.8) is 0 Å². The number of methoxy groups -OCH3 is 1. The molecule has 2 N–H and O–H groups in total. The number of carboxylic acid groups (broad SMARTS) is 1. The zero-order valence-corrected chi connectivity index (χ0v) is 13.3. The Balaban J connectivity index is 1.82. The summed E-state index contributed by atoms with van der Waals surface area (Å²) in [5, 5.41) is 12.2. The third-order valence-electron chi connectivity index (χ3n) is 3.71. The number of amidine groups is 1. The summed E-state index contributed by atoms with van der Waals surface area (Å²) in [7, 11) is 1.59. The van der Waals surface area contributed by atoms with Crippen molar-refractivity contribution in [2.45, 2.75) is 6.61 Å². The molecule has 2 aromatic rings. The molecule has 1 aliphatic rings. The first-order chi connectivity index (χ1) is 11.7. The fourth-order valence-corrected chi connectivity index (χ4v) is 2.49. The molecule has 0 fully saturated rings. The van der Waals surface area contributed by atoms with E-state index in [2.05, 4.69) is 10.3 Å². The van der Waals surface area contributed by atoms with E-state index in [1.807, 2.05) is 18.2 Å². The van der Waals surface area contributed by atoms with Gasteiger partial charge in [0.2, 0.25) is 0 Å². The van der Waals surface area contributed by atoms with Gasteiger partial charge in [-0.05, 0) is 29.8 Å². The number of para-hydroxylation sites is 1. The minimum absolute atomic E-state index is 0.251. The summed E-state index contributed by atoms with van der Waals surface area (Å²) in [6.07, 6.45) is 0. The third-order valence-corrected chi connectivity index (χ3v) is 3.71. The Kier molecular flexibility index (Phi) is 4.65. The quantitative estimate of drug-likeness (QED) is 0.851. The Morgan fingerprint density at radius 3 is 2.67 bits per heavy atom. The number of aromatic carboxylic acids is 1. The van der Waals surface area contributed by atoms with E-state index < -0.39 is 5.97 Å². The summed E-state index contributed by atoms with van der Waals surface area (Å²) in [5.41, 5.74) is 1.98. The monoisotopic (exact) mass is 326 g/mol. The molecule has 3 rings (SSSR count). The maximum absolute atomic E-state index is 10.9. The molecule has 0 unspecified atom stereocenters.